The molecule has 25 nitrogen and oxygen atoms in total. The highest BCUT2D eigenvalue weighted by atomic mass is 16.4. The van der Waals surface area contributed by atoms with Gasteiger partial charge in [0.1, 0.15) is 36.3 Å². The maximum absolute atomic E-state index is 13.4. The number of nitrogens with one attached hydrogen (secondary N) is 7. The van der Waals surface area contributed by atoms with Crippen molar-refractivity contribution in [3.63, 3.8) is 0 Å². The summed E-state index contributed by atoms with van der Waals surface area (Å²) in [6, 6.07) is -8.36. The number of carbonyl (C=O) groups is 8. The molecule has 25 heteroatoms. The standard InChI is InChI=1S/C34H64N14O11/c1-17(2)11-21(44-26(52)14-42-27(53)19(43-25(51)13-35)7-5-9-40-33(36)37)28(54)47-24(16-50)31(57)46-22(12-18(3)4)29(55)48-23(15-49)30(56)45-20(32(58)59)8-6-10-41-34(38)39/h17-24,49-50H,5-16,35H2,1-4H3,(H,42,53)(H,43,51)(H,44,52)(H,45,56)(H,46,57)(H,47,54)(H,48,55)(H,58,59)(H4,36,37,40)(H4,38,39,41). The first-order chi connectivity index (χ1) is 27.6. The van der Waals surface area contributed by atoms with Crippen LogP contribution in [0.4, 0.5) is 0 Å². The van der Waals surface area contributed by atoms with E-state index < -0.39 is 110 Å². The van der Waals surface area contributed by atoms with Crippen LogP contribution < -0.4 is 65.9 Å². The van der Waals surface area contributed by atoms with Gasteiger partial charge >= 0.3 is 5.97 Å². The van der Waals surface area contributed by atoms with Crippen molar-refractivity contribution in [3.8, 4) is 0 Å². The zero-order chi connectivity index (χ0) is 45.2. The lowest BCUT2D eigenvalue weighted by molar-refractivity contribution is -0.143. The van der Waals surface area contributed by atoms with Crippen LogP contribution in [0.3, 0.4) is 0 Å². The molecule has 6 unspecified atom stereocenters. The van der Waals surface area contributed by atoms with Gasteiger partial charge in [0.15, 0.2) is 11.9 Å². The van der Waals surface area contributed by atoms with Gasteiger partial charge in [0.2, 0.25) is 41.4 Å². The van der Waals surface area contributed by atoms with E-state index in [2.05, 4.69) is 47.2 Å². The molecule has 0 bridgehead atoms. The van der Waals surface area contributed by atoms with Gasteiger partial charge in [-0.05, 0) is 50.4 Å². The van der Waals surface area contributed by atoms with E-state index >= 15 is 0 Å². The molecular formula is C34H64N14O11. The molecule has 0 radical (unpaired) electrons. The van der Waals surface area contributed by atoms with Crippen LogP contribution in [0, 0.1) is 11.8 Å². The number of carboxylic acid groups (broad SMARTS) is 1. The molecule has 7 amide bonds. The third kappa shape index (κ3) is 23.2. The summed E-state index contributed by atoms with van der Waals surface area (Å²) in [4.78, 5) is 110. The Balaban J connectivity index is 5.74. The highest BCUT2D eigenvalue weighted by Crippen LogP contribution is 2.09. The van der Waals surface area contributed by atoms with Crippen LogP contribution in [0.1, 0.15) is 66.2 Å². The van der Waals surface area contributed by atoms with Crippen molar-refractivity contribution in [2.75, 3.05) is 39.4 Å². The molecule has 0 aliphatic carbocycles. The van der Waals surface area contributed by atoms with E-state index in [0.717, 1.165) is 0 Å². The lowest BCUT2D eigenvalue weighted by Crippen LogP contribution is -2.60. The summed E-state index contributed by atoms with van der Waals surface area (Å²) in [6.07, 6.45) is 0.563. The predicted molar refractivity (Wildman–Crippen MR) is 214 cm³/mol. The number of aliphatic hydroxyl groups is 2. The summed E-state index contributed by atoms with van der Waals surface area (Å²) >= 11 is 0. The van der Waals surface area contributed by atoms with E-state index in [-0.39, 0.29) is 68.9 Å². The number of amides is 7. The molecule has 0 aliphatic rings. The van der Waals surface area contributed by atoms with Crippen molar-refractivity contribution >= 4 is 59.2 Å². The van der Waals surface area contributed by atoms with Gasteiger partial charge in [-0.25, -0.2) is 4.79 Å². The largest absolute Gasteiger partial charge is 0.480 e. The average molecular weight is 845 g/mol. The third-order valence-corrected chi connectivity index (χ3v) is 8.10. The van der Waals surface area contributed by atoms with E-state index in [4.69, 9.17) is 28.7 Å². The molecule has 0 spiro atoms. The van der Waals surface area contributed by atoms with Crippen LogP contribution in [0.15, 0.2) is 9.98 Å². The van der Waals surface area contributed by atoms with Gasteiger partial charge < -0.3 is 81.2 Å². The monoisotopic (exact) mass is 844 g/mol. The van der Waals surface area contributed by atoms with Crippen molar-refractivity contribution in [1.82, 2.24) is 37.2 Å². The smallest absolute Gasteiger partial charge is 0.326 e. The van der Waals surface area contributed by atoms with Crippen LogP contribution >= 0.6 is 0 Å². The quantitative estimate of drug-likeness (QED) is 0.0189. The molecule has 0 aromatic rings. The van der Waals surface area contributed by atoms with Gasteiger partial charge in [-0.15, -0.1) is 0 Å². The number of aliphatic hydroxyl groups excluding tert-OH is 2. The first-order valence-corrected chi connectivity index (χ1v) is 19.0. The second kappa shape index (κ2) is 28.6. The van der Waals surface area contributed by atoms with E-state index in [0.29, 0.717) is 6.42 Å². The number of guanidine groups is 2. The fourth-order valence-corrected chi connectivity index (χ4v) is 5.21. The maximum atomic E-state index is 13.4. The summed E-state index contributed by atoms with van der Waals surface area (Å²) in [5.41, 5.74) is 26.5. The Morgan fingerprint density at radius 2 is 0.898 bits per heavy atom. The Hall–Kier alpha value is -5.82. The van der Waals surface area contributed by atoms with Gasteiger partial charge in [-0.3, -0.25) is 43.5 Å². The Morgan fingerprint density at radius 1 is 0.525 bits per heavy atom. The number of carboxylic acids is 1. The summed E-state index contributed by atoms with van der Waals surface area (Å²) in [7, 11) is 0. The number of aliphatic carboxylic acids is 1. The lowest BCUT2D eigenvalue weighted by atomic mass is 10.0. The van der Waals surface area contributed by atoms with E-state index in [1.807, 2.05) is 0 Å². The van der Waals surface area contributed by atoms with Crippen molar-refractivity contribution < 1.29 is 53.7 Å². The minimum atomic E-state index is -1.63. The van der Waals surface area contributed by atoms with Gasteiger partial charge in [-0.1, -0.05) is 27.7 Å². The molecule has 336 valence electrons. The van der Waals surface area contributed by atoms with Crippen LogP contribution in [0.25, 0.3) is 0 Å². The normalized spacial score (nSPS) is 13.9. The number of rotatable bonds is 29. The molecule has 59 heavy (non-hydrogen) atoms. The van der Waals surface area contributed by atoms with Crippen molar-refractivity contribution in [2.24, 2.45) is 50.5 Å². The van der Waals surface area contributed by atoms with E-state index in [9.17, 15) is 53.7 Å². The van der Waals surface area contributed by atoms with Crippen molar-refractivity contribution in [3.05, 3.63) is 0 Å². The molecule has 20 N–H and O–H groups in total. The summed E-state index contributed by atoms with van der Waals surface area (Å²) in [5, 5.41) is 46.1. The topological polar surface area (TPSA) is 436 Å². The van der Waals surface area contributed by atoms with Crippen LogP contribution in [-0.4, -0.2) is 150 Å². The maximum Gasteiger partial charge on any atom is 0.326 e. The number of hydrogen-bond acceptors (Lipinski definition) is 13. The molecule has 0 saturated carbocycles. The summed E-state index contributed by atoms with van der Waals surface area (Å²) in [5.74, 6) is -8.13. The van der Waals surface area contributed by atoms with Crippen molar-refractivity contribution in [1.29, 1.82) is 0 Å². The van der Waals surface area contributed by atoms with Gasteiger partial charge in [0, 0.05) is 13.1 Å². The number of hydrogen-bond donors (Lipinski definition) is 15. The van der Waals surface area contributed by atoms with Gasteiger partial charge in [0.25, 0.3) is 0 Å². The van der Waals surface area contributed by atoms with Gasteiger partial charge in [0.05, 0.1) is 26.3 Å². The molecule has 0 rings (SSSR count). The minimum Gasteiger partial charge on any atom is -0.480 e. The second-order valence-electron chi connectivity index (χ2n) is 14.3. The first-order valence-electron chi connectivity index (χ1n) is 19.0. The number of nitrogens with two attached hydrogens (primary N) is 5. The Kier molecular flexibility index (Phi) is 25.7. The number of aliphatic imine (C=N–C) groups is 2. The average Bonchev–Trinajstić information content (AvgIpc) is 3.15. The highest BCUT2D eigenvalue weighted by molar-refractivity contribution is 5.97. The molecule has 0 fully saturated rings. The molecule has 0 saturated heterocycles. The minimum absolute atomic E-state index is 0.00322. The van der Waals surface area contributed by atoms with E-state index in [1.165, 1.54) is 0 Å². The first kappa shape index (κ1) is 53.2. The molecule has 0 aromatic heterocycles. The molecule has 0 aromatic carbocycles. The Bertz CT molecular complexity index is 1470. The Morgan fingerprint density at radius 3 is 1.29 bits per heavy atom. The molecular weight excluding hydrogens is 780 g/mol. The SMILES string of the molecule is CC(C)CC(NC(=O)CNC(=O)C(CCCN=C(N)N)NC(=O)CN)C(=O)NC(CO)C(=O)NC(CC(C)C)C(=O)NC(CO)C(=O)NC(CCCN=C(N)N)C(=O)O. The molecule has 0 aliphatic heterocycles. The second-order valence-corrected chi connectivity index (χ2v) is 14.3. The fraction of sp³-hybridized carbons (Fsp3) is 0.706. The highest BCUT2D eigenvalue weighted by Gasteiger charge is 2.33. The molecule has 0 heterocycles. The lowest BCUT2D eigenvalue weighted by Gasteiger charge is -2.27. The summed E-state index contributed by atoms with van der Waals surface area (Å²) < 4.78 is 0. The summed E-state index contributed by atoms with van der Waals surface area (Å²) in [6.45, 7) is 4.33. The zero-order valence-electron chi connectivity index (χ0n) is 34.0. The van der Waals surface area contributed by atoms with Gasteiger partial charge in [-0.2, -0.15) is 0 Å². The van der Waals surface area contributed by atoms with Crippen molar-refractivity contribution in [2.45, 2.75) is 102 Å². The Labute approximate surface area is 342 Å². The molecule has 6 atom stereocenters. The number of nitrogens with zero attached hydrogens (tertiary/aromatic N) is 2. The predicted octanol–water partition coefficient (Wildman–Crippen LogP) is -6.76. The van der Waals surface area contributed by atoms with E-state index in [1.54, 1.807) is 27.7 Å². The van der Waals surface area contributed by atoms with Crippen LogP contribution in [0.5, 0.6) is 0 Å². The zero-order valence-corrected chi connectivity index (χ0v) is 34.0. The third-order valence-electron chi connectivity index (χ3n) is 8.10. The van der Waals surface area contributed by atoms with Crippen LogP contribution in [0.2, 0.25) is 0 Å². The fourth-order valence-electron chi connectivity index (χ4n) is 5.21. The van der Waals surface area contributed by atoms with Crippen LogP contribution in [-0.2, 0) is 38.4 Å². The number of carbonyl (C=O) groups excluding carboxylic acids is 7.